The molecular formula is C18H27NO3. The monoisotopic (exact) mass is 305 g/mol. The number of carbonyl (C=O) groups is 1. The van der Waals surface area contributed by atoms with Gasteiger partial charge in [-0.15, -0.1) is 0 Å². The maximum absolute atomic E-state index is 12.6. The largest absolute Gasteiger partial charge is 0.441 e. The summed E-state index contributed by atoms with van der Waals surface area (Å²) >= 11 is 0. The van der Waals surface area contributed by atoms with Crippen LogP contribution in [-0.2, 0) is 4.74 Å². The van der Waals surface area contributed by atoms with Crippen molar-refractivity contribution in [3.63, 3.8) is 0 Å². The maximum atomic E-state index is 12.6. The summed E-state index contributed by atoms with van der Waals surface area (Å²) in [7, 11) is 0. The van der Waals surface area contributed by atoms with Gasteiger partial charge in [-0.25, -0.2) is 4.79 Å². The summed E-state index contributed by atoms with van der Waals surface area (Å²) in [5.41, 5.74) is 0.838. The molecule has 122 valence electrons. The fraction of sp³-hybridized carbons (Fsp3) is 0.611. The molecule has 0 bridgehead atoms. The number of nitrogens with zero attached hydrogens (tertiary/aromatic N) is 1. The van der Waals surface area contributed by atoms with Gasteiger partial charge in [-0.05, 0) is 24.8 Å². The predicted octanol–water partition coefficient (Wildman–Crippen LogP) is 3.76. The Morgan fingerprint density at radius 1 is 1.36 bits per heavy atom. The molecule has 22 heavy (non-hydrogen) atoms. The number of likely N-dealkylation sites (tertiary alicyclic amines) is 1. The molecule has 0 radical (unpaired) electrons. The minimum absolute atomic E-state index is 0.105. The third-order valence-corrected chi connectivity index (χ3v) is 4.18. The number of aliphatic hydroxyl groups is 1. The van der Waals surface area contributed by atoms with Crippen molar-refractivity contribution in [1.29, 1.82) is 0 Å². The molecule has 1 aromatic carbocycles. The van der Waals surface area contributed by atoms with Gasteiger partial charge in [0.1, 0.15) is 6.10 Å². The number of hydrogen-bond acceptors (Lipinski definition) is 3. The standard InChI is InChI=1S/C18H27NO3/c1-18(2,3)16(14-8-5-4-6-9-14)22-17(21)19-12-7-10-15(19)11-13-20/h4-6,8-9,15-16,20H,7,10-13H2,1-3H3. The fourth-order valence-corrected chi connectivity index (χ4v) is 3.07. The van der Waals surface area contributed by atoms with Gasteiger partial charge in [-0.3, -0.25) is 0 Å². The number of amides is 1. The highest BCUT2D eigenvalue weighted by Crippen LogP contribution is 2.37. The van der Waals surface area contributed by atoms with Gasteiger partial charge in [0.25, 0.3) is 0 Å². The van der Waals surface area contributed by atoms with E-state index in [1.807, 2.05) is 30.3 Å². The predicted molar refractivity (Wildman–Crippen MR) is 86.5 cm³/mol. The molecule has 2 atom stereocenters. The van der Waals surface area contributed by atoms with Crippen LogP contribution in [0.4, 0.5) is 4.79 Å². The lowest BCUT2D eigenvalue weighted by molar-refractivity contribution is 0.00523. The molecule has 1 saturated heterocycles. The molecule has 4 heteroatoms. The zero-order valence-electron chi connectivity index (χ0n) is 13.8. The highest BCUT2D eigenvalue weighted by Gasteiger charge is 2.35. The molecule has 1 heterocycles. The zero-order valence-corrected chi connectivity index (χ0v) is 13.8. The molecule has 0 saturated carbocycles. The van der Waals surface area contributed by atoms with Crippen LogP contribution in [0, 0.1) is 5.41 Å². The van der Waals surface area contributed by atoms with E-state index in [9.17, 15) is 4.79 Å². The van der Waals surface area contributed by atoms with E-state index in [1.165, 1.54) is 0 Å². The van der Waals surface area contributed by atoms with E-state index in [2.05, 4.69) is 20.8 Å². The summed E-state index contributed by atoms with van der Waals surface area (Å²) in [6, 6.07) is 9.99. The van der Waals surface area contributed by atoms with Crippen molar-refractivity contribution < 1.29 is 14.6 Å². The van der Waals surface area contributed by atoms with E-state index < -0.39 is 0 Å². The van der Waals surface area contributed by atoms with Crippen molar-refractivity contribution in [2.24, 2.45) is 5.41 Å². The topological polar surface area (TPSA) is 49.8 Å². The van der Waals surface area contributed by atoms with Crippen LogP contribution in [0.2, 0.25) is 0 Å². The minimum atomic E-state index is -0.281. The van der Waals surface area contributed by atoms with Crippen molar-refractivity contribution in [3.05, 3.63) is 35.9 Å². The summed E-state index contributed by atoms with van der Waals surface area (Å²) < 4.78 is 5.87. The molecule has 4 nitrogen and oxygen atoms in total. The van der Waals surface area contributed by atoms with Crippen molar-refractivity contribution in [1.82, 2.24) is 4.90 Å². The normalized spacial score (nSPS) is 20.0. The second-order valence-corrected chi connectivity index (χ2v) is 7.04. The molecule has 0 aromatic heterocycles. The Morgan fingerprint density at radius 2 is 2.05 bits per heavy atom. The van der Waals surface area contributed by atoms with Crippen molar-refractivity contribution >= 4 is 6.09 Å². The van der Waals surface area contributed by atoms with Gasteiger partial charge in [0, 0.05) is 24.6 Å². The molecular weight excluding hydrogens is 278 g/mol. The lowest BCUT2D eigenvalue weighted by atomic mass is 9.84. The van der Waals surface area contributed by atoms with Gasteiger partial charge < -0.3 is 14.7 Å². The highest BCUT2D eigenvalue weighted by atomic mass is 16.6. The van der Waals surface area contributed by atoms with Crippen molar-refractivity contribution in [3.8, 4) is 0 Å². The fourth-order valence-electron chi connectivity index (χ4n) is 3.07. The van der Waals surface area contributed by atoms with Crippen LogP contribution >= 0.6 is 0 Å². The van der Waals surface area contributed by atoms with Crippen LogP contribution in [0.1, 0.15) is 51.7 Å². The zero-order chi connectivity index (χ0) is 16.2. The number of rotatable bonds is 4. The second kappa shape index (κ2) is 7.14. The van der Waals surface area contributed by atoms with Gasteiger partial charge in [0.2, 0.25) is 0 Å². The van der Waals surface area contributed by atoms with Gasteiger partial charge >= 0.3 is 6.09 Å². The Kier molecular flexibility index (Phi) is 5.46. The van der Waals surface area contributed by atoms with Gasteiger partial charge in [0.05, 0.1) is 0 Å². The lowest BCUT2D eigenvalue weighted by Crippen LogP contribution is -2.38. The molecule has 1 aromatic rings. The summed E-state index contributed by atoms with van der Waals surface area (Å²) in [6.45, 7) is 7.05. The number of carbonyl (C=O) groups excluding carboxylic acids is 1. The van der Waals surface area contributed by atoms with E-state index in [4.69, 9.17) is 9.84 Å². The average molecular weight is 305 g/mol. The van der Waals surface area contributed by atoms with Crippen LogP contribution in [0.25, 0.3) is 0 Å². The maximum Gasteiger partial charge on any atom is 0.410 e. The second-order valence-electron chi connectivity index (χ2n) is 7.04. The SMILES string of the molecule is CC(C)(C)C(OC(=O)N1CCCC1CCO)c1ccccc1. The first-order chi connectivity index (χ1) is 10.4. The average Bonchev–Trinajstić information content (AvgIpc) is 2.93. The molecule has 1 fully saturated rings. The Morgan fingerprint density at radius 3 is 2.64 bits per heavy atom. The van der Waals surface area contributed by atoms with E-state index >= 15 is 0 Å². The van der Waals surface area contributed by atoms with E-state index in [-0.39, 0.29) is 30.3 Å². The summed E-state index contributed by atoms with van der Waals surface area (Å²) in [4.78, 5) is 14.4. The molecule has 2 rings (SSSR count). The van der Waals surface area contributed by atoms with Gasteiger partial charge in [0.15, 0.2) is 0 Å². The third kappa shape index (κ3) is 4.01. The van der Waals surface area contributed by atoms with E-state index in [0.717, 1.165) is 24.9 Å². The summed E-state index contributed by atoms with van der Waals surface area (Å²) in [6.07, 6.45) is 2.00. The lowest BCUT2D eigenvalue weighted by Gasteiger charge is -2.33. The van der Waals surface area contributed by atoms with E-state index in [0.29, 0.717) is 6.42 Å². The van der Waals surface area contributed by atoms with Crippen LogP contribution in [0.5, 0.6) is 0 Å². The first-order valence-electron chi connectivity index (χ1n) is 8.06. The number of benzene rings is 1. The van der Waals surface area contributed by atoms with Gasteiger partial charge in [-0.2, -0.15) is 0 Å². The Balaban J connectivity index is 2.12. The summed E-state index contributed by atoms with van der Waals surface area (Å²) in [5, 5.41) is 9.14. The molecule has 1 aliphatic heterocycles. The first-order valence-corrected chi connectivity index (χ1v) is 8.06. The Labute approximate surface area is 133 Å². The third-order valence-electron chi connectivity index (χ3n) is 4.18. The van der Waals surface area contributed by atoms with Crippen LogP contribution in [0.3, 0.4) is 0 Å². The molecule has 2 unspecified atom stereocenters. The minimum Gasteiger partial charge on any atom is -0.441 e. The number of ether oxygens (including phenoxy) is 1. The Bertz CT molecular complexity index is 481. The van der Waals surface area contributed by atoms with Crippen molar-refractivity contribution in [2.75, 3.05) is 13.2 Å². The van der Waals surface area contributed by atoms with Gasteiger partial charge in [-0.1, -0.05) is 51.1 Å². The van der Waals surface area contributed by atoms with Crippen LogP contribution in [0.15, 0.2) is 30.3 Å². The number of hydrogen-bond donors (Lipinski definition) is 1. The smallest absolute Gasteiger partial charge is 0.410 e. The van der Waals surface area contributed by atoms with Crippen molar-refractivity contribution in [2.45, 2.75) is 52.2 Å². The number of aliphatic hydroxyl groups excluding tert-OH is 1. The molecule has 1 amide bonds. The summed E-state index contributed by atoms with van der Waals surface area (Å²) in [5.74, 6) is 0. The molecule has 1 N–H and O–H groups in total. The van der Waals surface area contributed by atoms with Crippen LogP contribution in [-0.4, -0.2) is 35.3 Å². The molecule has 0 spiro atoms. The van der Waals surface area contributed by atoms with Crippen LogP contribution < -0.4 is 0 Å². The Hall–Kier alpha value is -1.55. The first kappa shape index (κ1) is 16.8. The highest BCUT2D eigenvalue weighted by molar-refractivity contribution is 5.69. The molecule has 0 aliphatic carbocycles. The quantitative estimate of drug-likeness (QED) is 0.921. The van der Waals surface area contributed by atoms with E-state index in [1.54, 1.807) is 4.90 Å². The molecule has 1 aliphatic rings.